The number of nitrogens with one attached hydrogen (secondary N) is 1. The van der Waals surface area contributed by atoms with Gasteiger partial charge in [-0.3, -0.25) is 4.79 Å². The molecule has 2 aromatic rings. The average molecular weight is 300 g/mol. The minimum absolute atomic E-state index is 0.0415. The van der Waals surface area contributed by atoms with Crippen LogP contribution in [0.4, 0.5) is 0 Å². The fourth-order valence-corrected chi connectivity index (χ4v) is 2.31. The molecular formula is C16H16N2O2S. The molecule has 0 saturated carbocycles. The van der Waals surface area contributed by atoms with Crippen LogP contribution in [0.25, 0.3) is 0 Å². The first-order valence-electron chi connectivity index (χ1n) is 6.56. The van der Waals surface area contributed by atoms with Gasteiger partial charge in [0, 0.05) is 22.9 Å². The highest BCUT2D eigenvalue weighted by Gasteiger charge is 2.09. The van der Waals surface area contributed by atoms with Gasteiger partial charge in [-0.2, -0.15) is 0 Å². The second-order valence-electron chi connectivity index (χ2n) is 4.47. The van der Waals surface area contributed by atoms with E-state index in [4.69, 9.17) is 5.11 Å². The zero-order chi connectivity index (χ0) is 15.1. The molecule has 1 aromatic heterocycles. The summed E-state index contributed by atoms with van der Waals surface area (Å²) >= 11 is 1.50. The van der Waals surface area contributed by atoms with Crippen LogP contribution in [0.1, 0.15) is 33.6 Å². The lowest BCUT2D eigenvalue weighted by Crippen LogP contribution is -2.23. The van der Waals surface area contributed by atoms with Crippen molar-refractivity contribution in [2.24, 2.45) is 0 Å². The van der Waals surface area contributed by atoms with E-state index >= 15 is 0 Å². The number of aliphatic hydroxyl groups excluding tert-OH is 1. The van der Waals surface area contributed by atoms with E-state index in [1.807, 2.05) is 24.4 Å². The third-order valence-corrected chi connectivity index (χ3v) is 3.50. The number of amides is 1. The Bertz CT molecular complexity index is 669. The lowest BCUT2D eigenvalue weighted by atomic mass is 10.0. The minimum atomic E-state index is -0.133. The van der Waals surface area contributed by atoms with Crippen molar-refractivity contribution in [3.63, 3.8) is 0 Å². The van der Waals surface area contributed by atoms with E-state index in [1.165, 1.54) is 11.3 Å². The maximum atomic E-state index is 12.2. The van der Waals surface area contributed by atoms with Gasteiger partial charge in [-0.25, -0.2) is 4.98 Å². The number of hydrogen-bond acceptors (Lipinski definition) is 4. The topological polar surface area (TPSA) is 62.2 Å². The molecule has 0 radical (unpaired) electrons. The van der Waals surface area contributed by atoms with Gasteiger partial charge in [-0.1, -0.05) is 17.9 Å². The molecule has 0 bridgehead atoms. The molecule has 4 nitrogen and oxygen atoms in total. The van der Waals surface area contributed by atoms with E-state index in [0.29, 0.717) is 18.5 Å². The van der Waals surface area contributed by atoms with Crippen LogP contribution in [0.2, 0.25) is 0 Å². The number of benzene rings is 1. The van der Waals surface area contributed by atoms with Gasteiger partial charge < -0.3 is 10.4 Å². The van der Waals surface area contributed by atoms with Crippen LogP contribution in [0.15, 0.2) is 29.1 Å². The van der Waals surface area contributed by atoms with Crippen molar-refractivity contribution in [3.8, 4) is 11.8 Å². The number of carbonyl (C=O) groups is 1. The molecular weight excluding hydrogens is 284 g/mol. The quantitative estimate of drug-likeness (QED) is 0.850. The van der Waals surface area contributed by atoms with Crippen LogP contribution in [0.3, 0.4) is 0 Å². The Labute approximate surface area is 127 Å². The van der Waals surface area contributed by atoms with Gasteiger partial charge in [-0.05, 0) is 24.6 Å². The first kappa shape index (κ1) is 15.2. The summed E-state index contributed by atoms with van der Waals surface area (Å²) in [5.74, 6) is 5.65. The first-order chi connectivity index (χ1) is 10.2. The molecule has 108 valence electrons. The van der Waals surface area contributed by atoms with E-state index < -0.39 is 0 Å². The van der Waals surface area contributed by atoms with Gasteiger partial charge in [0.1, 0.15) is 0 Å². The highest BCUT2D eigenvalue weighted by atomic mass is 32.1. The highest BCUT2D eigenvalue weighted by Crippen LogP contribution is 2.11. The van der Waals surface area contributed by atoms with Crippen molar-refractivity contribution in [2.45, 2.75) is 19.9 Å². The van der Waals surface area contributed by atoms with Crippen LogP contribution in [0.5, 0.6) is 0 Å². The third kappa shape index (κ3) is 4.42. The standard InChI is InChI=1S/C16H16N2O2S/c1-12-5-6-13(4-2-3-7-19)8-15(12)16(20)17-9-14-10-21-11-18-14/h5-6,8,10-11,19H,3,7,9H2,1H3,(H,17,20). The summed E-state index contributed by atoms with van der Waals surface area (Å²) in [7, 11) is 0. The third-order valence-electron chi connectivity index (χ3n) is 2.87. The van der Waals surface area contributed by atoms with Crippen molar-refractivity contribution in [2.75, 3.05) is 6.61 Å². The molecule has 1 amide bonds. The fraction of sp³-hybridized carbons (Fsp3) is 0.250. The van der Waals surface area contributed by atoms with Gasteiger partial charge in [0.05, 0.1) is 24.4 Å². The molecule has 0 aliphatic heterocycles. The summed E-state index contributed by atoms with van der Waals surface area (Å²) in [5, 5.41) is 13.5. The minimum Gasteiger partial charge on any atom is -0.395 e. The van der Waals surface area contributed by atoms with Crippen LogP contribution < -0.4 is 5.32 Å². The molecule has 0 spiro atoms. The molecule has 1 heterocycles. The Morgan fingerprint density at radius 2 is 2.33 bits per heavy atom. The fourth-order valence-electron chi connectivity index (χ4n) is 1.76. The van der Waals surface area contributed by atoms with E-state index in [2.05, 4.69) is 22.1 Å². The maximum absolute atomic E-state index is 12.2. The lowest BCUT2D eigenvalue weighted by Gasteiger charge is -2.07. The monoisotopic (exact) mass is 300 g/mol. The summed E-state index contributed by atoms with van der Waals surface area (Å²) in [6.45, 7) is 2.35. The Morgan fingerprint density at radius 1 is 1.48 bits per heavy atom. The van der Waals surface area contributed by atoms with Crippen LogP contribution in [0, 0.1) is 18.8 Å². The normalized spacial score (nSPS) is 9.81. The number of thiazole rings is 1. The first-order valence-corrected chi connectivity index (χ1v) is 7.50. The molecule has 2 N–H and O–H groups in total. The number of aromatic nitrogens is 1. The van der Waals surface area contributed by atoms with Gasteiger partial charge in [0.2, 0.25) is 0 Å². The van der Waals surface area contributed by atoms with Crippen molar-refractivity contribution >= 4 is 17.2 Å². The number of nitrogens with zero attached hydrogens (tertiary/aromatic N) is 1. The van der Waals surface area contributed by atoms with Gasteiger partial charge in [0.25, 0.3) is 5.91 Å². The Hall–Kier alpha value is -2.16. The SMILES string of the molecule is Cc1ccc(C#CCCO)cc1C(=O)NCc1cscn1. The van der Waals surface area contributed by atoms with Crippen molar-refractivity contribution in [3.05, 3.63) is 51.5 Å². The Kier molecular flexibility index (Phi) is 5.50. The predicted molar refractivity (Wildman–Crippen MR) is 83.0 cm³/mol. The van der Waals surface area contributed by atoms with Gasteiger partial charge >= 0.3 is 0 Å². The van der Waals surface area contributed by atoms with Crippen molar-refractivity contribution < 1.29 is 9.90 Å². The second kappa shape index (κ2) is 7.58. The predicted octanol–water partition coefficient (Wildman–Crippen LogP) is 2.12. The number of hydrogen-bond donors (Lipinski definition) is 2. The van der Waals surface area contributed by atoms with E-state index in [-0.39, 0.29) is 12.5 Å². The summed E-state index contributed by atoms with van der Waals surface area (Å²) in [4.78, 5) is 16.3. The molecule has 0 aliphatic rings. The molecule has 0 atom stereocenters. The Balaban J connectivity index is 2.09. The highest BCUT2D eigenvalue weighted by molar-refractivity contribution is 7.07. The number of aliphatic hydroxyl groups is 1. The number of aryl methyl sites for hydroxylation is 1. The van der Waals surface area contributed by atoms with Crippen LogP contribution >= 0.6 is 11.3 Å². The van der Waals surface area contributed by atoms with Gasteiger partial charge in [0.15, 0.2) is 0 Å². The van der Waals surface area contributed by atoms with E-state index in [9.17, 15) is 4.79 Å². The summed E-state index contributed by atoms with van der Waals surface area (Å²) in [6.07, 6.45) is 0.430. The van der Waals surface area contributed by atoms with Crippen molar-refractivity contribution in [1.29, 1.82) is 0 Å². The zero-order valence-corrected chi connectivity index (χ0v) is 12.5. The second-order valence-corrected chi connectivity index (χ2v) is 5.19. The smallest absolute Gasteiger partial charge is 0.251 e. The number of carbonyl (C=O) groups excluding carboxylic acids is 1. The summed E-state index contributed by atoms with van der Waals surface area (Å²) in [6, 6.07) is 5.52. The molecule has 0 saturated heterocycles. The molecule has 21 heavy (non-hydrogen) atoms. The molecule has 1 aromatic carbocycles. The molecule has 2 rings (SSSR count). The summed E-state index contributed by atoms with van der Waals surface area (Å²) < 4.78 is 0. The van der Waals surface area contributed by atoms with Gasteiger partial charge in [-0.15, -0.1) is 11.3 Å². The van der Waals surface area contributed by atoms with Crippen LogP contribution in [-0.4, -0.2) is 22.6 Å². The van der Waals surface area contributed by atoms with Crippen LogP contribution in [-0.2, 0) is 6.54 Å². The lowest BCUT2D eigenvalue weighted by molar-refractivity contribution is 0.0950. The number of rotatable bonds is 4. The summed E-state index contributed by atoms with van der Waals surface area (Å²) in [5.41, 5.74) is 4.88. The molecule has 0 fully saturated rings. The molecule has 5 heteroatoms. The van der Waals surface area contributed by atoms with E-state index in [0.717, 1.165) is 16.8 Å². The molecule has 0 aliphatic carbocycles. The van der Waals surface area contributed by atoms with E-state index in [1.54, 1.807) is 11.6 Å². The zero-order valence-electron chi connectivity index (χ0n) is 11.7. The Morgan fingerprint density at radius 3 is 3.05 bits per heavy atom. The average Bonchev–Trinajstić information content (AvgIpc) is 3.00. The maximum Gasteiger partial charge on any atom is 0.251 e. The van der Waals surface area contributed by atoms with Crippen molar-refractivity contribution in [1.82, 2.24) is 10.3 Å². The molecule has 0 unspecified atom stereocenters. The largest absolute Gasteiger partial charge is 0.395 e.